The first kappa shape index (κ1) is 17.2. The van der Waals surface area contributed by atoms with Gasteiger partial charge in [0.2, 0.25) is 0 Å². The second kappa shape index (κ2) is 7.21. The highest BCUT2D eigenvalue weighted by atomic mass is 16.5. The number of nitrogens with zero attached hydrogens (tertiary/aromatic N) is 4. The number of H-pyrrole nitrogens is 1. The number of hydrogen-bond donors (Lipinski definition) is 1. The number of anilines is 2. The third kappa shape index (κ3) is 3.39. The van der Waals surface area contributed by atoms with Crippen molar-refractivity contribution in [2.45, 2.75) is 0 Å². The number of aromatic amines is 1. The predicted molar refractivity (Wildman–Crippen MR) is 106 cm³/mol. The van der Waals surface area contributed by atoms with Gasteiger partial charge in [0.1, 0.15) is 5.75 Å². The van der Waals surface area contributed by atoms with Gasteiger partial charge in [0, 0.05) is 24.6 Å². The Morgan fingerprint density at radius 3 is 2.39 bits per heavy atom. The van der Waals surface area contributed by atoms with E-state index in [0.29, 0.717) is 22.2 Å². The summed E-state index contributed by atoms with van der Waals surface area (Å²) in [5, 5.41) is 9.36. The van der Waals surface area contributed by atoms with E-state index in [-0.39, 0.29) is 11.6 Å². The van der Waals surface area contributed by atoms with Crippen LogP contribution in [0.3, 0.4) is 0 Å². The number of fused-ring (bicyclic) bond motifs is 1. The van der Waals surface area contributed by atoms with Crippen LogP contribution in [-0.4, -0.2) is 22.0 Å². The molecule has 0 aliphatic rings. The van der Waals surface area contributed by atoms with E-state index in [1.54, 1.807) is 36.5 Å². The fraction of sp³-hybridized carbons (Fsp3) is 0.0476. The number of benzene rings is 2. The number of aromatic nitrogens is 3. The largest absolute Gasteiger partial charge is 0.426 e. The van der Waals surface area contributed by atoms with Gasteiger partial charge < -0.3 is 9.64 Å². The van der Waals surface area contributed by atoms with Crippen LogP contribution in [0.15, 0.2) is 71.8 Å². The average molecular weight is 369 g/mol. The van der Waals surface area contributed by atoms with E-state index in [2.05, 4.69) is 21.0 Å². The normalized spacial score (nSPS) is 10.4. The number of nitriles is 1. The Kier molecular flexibility index (Phi) is 4.44. The van der Waals surface area contributed by atoms with Crippen molar-refractivity contribution in [1.29, 1.82) is 5.26 Å². The molecule has 0 unspecified atom stereocenters. The first-order valence-electron chi connectivity index (χ1n) is 8.50. The van der Waals surface area contributed by atoms with Crippen LogP contribution in [0, 0.1) is 11.3 Å². The van der Waals surface area contributed by atoms with E-state index in [9.17, 15) is 4.79 Å². The standard InChI is InChI=1S/C21H15N5O2/c1-26(15-4-2-14(12-22)3-5-15)16-6-8-17(9-7-16)28-21-24-19-13-23-11-10-18(19)20(27)25-21/h2-11,13H,1H3,(H,24,25,27). The summed E-state index contributed by atoms with van der Waals surface area (Å²) < 4.78 is 5.69. The molecule has 0 atom stereocenters. The minimum absolute atomic E-state index is 0.110. The maximum atomic E-state index is 12.1. The highest BCUT2D eigenvalue weighted by Gasteiger charge is 2.08. The van der Waals surface area contributed by atoms with Gasteiger partial charge in [-0.05, 0) is 54.6 Å². The quantitative estimate of drug-likeness (QED) is 0.589. The summed E-state index contributed by atoms with van der Waals surface area (Å²) in [6.45, 7) is 0. The number of hydrogen-bond acceptors (Lipinski definition) is 6. The molecular weight excluding hydrogens is 354 g/mol. The zero-order chi connectivity index (χ0) is 19.5. The Morgan fingerprint density at radius 1 is 1.04 bits per heavy atom. The monoisotopic (exact) mass is 369 g/mol. The van der Waals surface area contributed by atoms with Crippen molar-refractivity contribution in [2.24, 2.45) is 0 Å². The summed E-state index contributed by atoms with van der Waals surface area (Å²) >= 11 is 0. The van der Waals surface area contributed by atoms with Gasteiger partial charge in [0.05, 0.1) is 28.7 Å². The van der Waals surface area contributed by atoms with E-state index in [1.165, 1.54) is 6.20 Å². The molecule has 7 nitrogen and oxygen atoms in total. The molecule has 2 heterocycles. The lowest BCUT2D eigenvalue weighted by Gasteiger charge is -2.19. The minimum Gasteiger partial charge on any atom is -0.426 e. The molecule has 0 aliphatic carbocycles. The zero-order valence-electron chi connectivity index (χ0n) is 15.0. The van der Waals surface area contributed by atoms with Crippen molar-refractivity contribution in [1.82, 2.24) is 15.0 Å². The molecule has 1 N–H and O–H groups in total. The summed E-state index contributed by atoms with van der Waals surface area (Å²) in [4.78, 5) is 25.0. The third-order valence-corrected chi connectivity index (χ3v) is 4.31. The highest BCUT2D eigenvalue weighted by Crippen LogP contribution is 2.27. The summed E-state index contributed by atoms with van der Waals surface area (Å²) in [7, 11) is 1.94. The second-order valence-corrected chi connectivity index (χ2v) is 6.08. The second-order valence-electron chi connectivity index (χ2n) is 6.08. The van der Waals surface area contributed by atoms with E-state index in [1.807, 2.05) is 36.2 Å². The molecule has 0 fully saturated rings. The molecule has 0 spiro atoms. The van der Waals surface area contributed by atoms with Gasteiger partial charge in [-0.25, -0.2) is 0 Å². The molecule has 0 amide bonds. The lowest BCUT2D eigenvalue weighted by atomic mass is 10.2. The van der Waals surface area contributed by atoms with Gasteiger partial charge in [-0.15, -0.1) is 0 Å². The topological polar surface area (TPSA) is 94.9 Å². The summed E-state index contributed by atoms with van der Waals surface area (Å²) in [6.07, 6.45) is 3.07. The van der Waals surface area contributed by atoms with Crippen LogP contribution in [0.2, 0.25) is 0 Å². The molecule has 2 aromatic heterocycles. The molecule has 0 saturated heterocycles. The Morgan fingerprint density at radius 2 is 1.71 bits per heavy atom. The van der Waals surface area contributed by atoms with Gasteiger partial charge in [0.15, 0.2) is 0 Å². The summed E-state index contributed by atoms with van der Waals surface area (Å²) in [6, 6.07) is 18.5. The SMILES string of the molecule is CN(c1ccc(C#N)cc1)c1ccc(Oc2nc3cnccc3c(=O)[nH]2)cc1. The average Bonchev–Trinajstić information content (AvgIpc) is 2.74. The maximum Gasteiger partial charge on any atom is 0.302 e. The van der Waals surface area contributed by atoms with E-state index in [0.717, 1.165) is 11.4 Å². The third-order valence-electron chi connectivity index (χ3n) is 4.31. The first-order valence-corrected chi connectivity index (χ1v) is 8.50. The number of rotatable bonds is 4. The van der Waals surface area contributed by atoms with E-state index in [4.69, 9.17) is 10.00 Å². The van der Waals surface area contributed by atoms with E-state index >= 15 is 0 Å². The van der Waals surface area contributed by atoms with Crippen molar-refractivity contribution >= 4 is 22.3 Å². The van der Waals surface area contributed by atoms with Gasteiger partial charge >= 0.3 is 6.01 Å². The van der Waals surface area contributed by atoms with Crippen LogP contribution < -0.4 is 15.2 Å². The van der Waals surface area contributed by atoms with Crippen molar-refractivity contribution in [3.63, 3.8) is 0 Å². The Hall–Kier alpha value is -4.18. The van der Waals surface area contributed by atoms with Crippen molar-refractivity contribution in [3.8, 4) is 17.8 Å². The summed E-state index contributed by atoms with van der Waals surface area (Å²) in [5.74, 6) is 0.545. The van der Waals surface area contributed by atoms with Crippen LogP contribution in [0.25, 0.3) is 10.9 Å². The molecule has 4 rings (SSSR count). The van der Waals surface area contributed by atoms with E-state index < -0.39 is 0 Å². The van der Waals surface area contributed by atoms with Crippen LogP contribution >= 0.6 is 0 Å². The van der Waals surface area contributed by atoms with Gasteiger partial charge in [-0.2, -0.15) is 10.2 Å². The molecule has 2 aromatic carbocycles. The van der Waals surface area contributed by atoms with Crippen LogP contribution in [-0.2, 0) is 0 Å². The Balaban J connectivity index is 1.55. The van der Waals surface area contributed by atoms with Crippen molar-refractivity contribution in [3.05, 3.63) is 82.9 Å². The predicted octanol–water partition coefficient (Wildman–Crippen LogP) is 3.75. The highest BCUT2D eigenvalue weighted by molar-refractivity contribution is 5.76. The van der Waals surface area contributed by atoms with Gasteiger partial charge in [0.25, 0.3) is 5.56 Å². The molecule has 0 bridgehead atoms. The molecule has 28 heavy (non-hydrogen) atoms. The lowest BCUT2D eigenvalue weighted by molar-refractivity contribution is 0.443. The van der Waals surface area contributed by atoms with Crippen molar-refractivity contribution < 1.29 is 4.74 Å². The van der Waals surface area contributed by atoms with Gasteiger partial charge in [-0.1, -0.05) is 0 Å². The molecule has 0 radical (unpaired) electrons. The molecule has 7 heteroatoms. The molecular formula is C21H15N5O2. The number of ether oxygens (including phenoxy) is 1. The smallest absolute Gasteiger partial charge is 0.302 e. The lowest BCUT2D eigenvalue weighted by Crippen LogP contribution is -2.10. The first-order chi connectivity index (χ1) is 13.6. The maximum absolute atomic E-state index is 12.1. The fourth-order valence-electron chi connectivity index (χ4n) is 2.78. The minimum atomic E-state index is -0.278. The summed E-state index contributed by atoms with van der Waals surface area (Å²) in [5.41, 5.74) is 2.72. The van der Waals surface area contributed by atoms with Gasteiger partial charge in [-0.3, -0.25) is 14.8 Å². The number of nitrogens with one attached hydrogen (secondary N) is 1. The molecule has 136 valence electrons. The molecule has 0 saturated carbocycles. The zero-order valence-corrected chi connectivity index (χ0v) is 15.0. The fourth-order valence-corrected chi connectivity index (χ4v) is 2.78. The Bertz CT molecular complexity index is 1220. The molecule has 4 aromatic rings. The van der Waals surface area contributed by atoms with Crippen LogP contribution in [0.4, 0.5) is 11.4 Å². The number of pyridine rings is 1. The van der Waals surface area contributed by atoms with Crippen LogP contribution in [0.5, 0.6) is 11.8 Å². The molecule has 0 aliphatic heterocycles. The Labute approximate surface area is 160 Å². The van der Waals surface area contributed by atoms with Crippen molar-refractivity contribution in [2.75, 3.05) is 11.9 Å². The van der Waals surface area contributed by atoms with Crippen LogP contribution in [0.1, 0.15) is 5.56 Å².